The number of nitrogens with one attached hydrogen (secondary N) is 4. The predicted molar refractivity (Wildman–Crippen MR) is 137 cm³/mol. The van der Waals surface area contributed by atoms with Crippen molar-refractivity contribution < 1.29 is 22.4 Å². The molecule has 36 heavy (non-hydrogen) atoms. The molecule has 3 amide bonds. The minimum absolute atomic E-state index is 0.108. The number of carbonyl (C=O) groups excluding carboxylic acids is 2. The fourth-order valence-corrected chi connectivity index (χ4v) is 4.37. The Morgan fingerprint density at radius 3 is 2.47 bits per heavy atom. The van der Waals surface area contributed by atoms with Crippen molar-refractivity contribution >= 4 is 38.6 Å². The van der Waals surface area contributed by atoms with Crippen molar-refractivity contribution in [2.75, 3.05) is 11.9 Å². The Kier molecular flexibility index (Phi) is 9.87. The third-order valence-electron chi connectivity index (χ3n) is 5.01. The summed E-state index contributed by atoms with van der Waals surface area (Å²) in [5, 5.41) is 15.1. The molecule has 0 aliphatic carbocycles. The molecule has 0 aliphatic rings. The van der Waals surface area contributed by atoms with Gasteiger partial charge in [-0.15, -0.1) is 11.3 Å². The molecule has 0 spiro atoms. The summed E-state index contributed by atoms with van der Waals surface area (Å²) in [7, 11) is -3.80. The van der Waals surface area contributed by atoms with E-state index in [9.17, 15) is 22.4 Å². The fraction of sp³-hybridized carbons (Fsp3) is 0.261. The molecule has 3 rings (SSSR count). The van der Waals surface area contributed by atoms with Crippen molar-refractivity contribution in [1.82, 2.24) is 20.3 Å². The number of hydrogen-bond acceptors (Lipinski definition) is 6. The van der Waals surface area contributed by atoms with E-state index in [1.165, 1.54) is 23.5 Å². The second kappa shape index (κ2) is 13.1. The third-order valence-corrected chi connectivity index (χ3v) is 6.38. The van der Waals surface area contributed by atoms with Crippen LogP contribution < -0.4 is 25.8 Å². The van der Waals surface area contributed by atoms with Gasteiger partial charge in [0.15, 0.2) is 5.13 Å². The summed E-state index contributed by atoms with van der Waals surface area (Å²) in [6.07, 6.45) is 1.10. The third kappa shape index (κ3) is 9.34. The molecule has 13 heteroatoms. The number of urea groups is 1. The van der Waals surface area contributed by atoms with Crippen LogP contribution in [0.5, 0.6) is 0 Å². The molecule has 1 heterocycles. The second-order valence-electron chi connectivity index (χ2n) is 7.83. The average molecular weight is 535 g/mol. The number of anilines is 1. The lowest BCUT2D eigenvalue weighted by Gasteiger charge is -2.18. The Morgan fingerprint density at radius 1 is 1.06 bits per heavy atom. The van der Waals surface area contributed by atoms with Crippen LogP contribution >= 0.6 is 11.3 Å². The van der Waals surface area contributed by atoms with Crippen LogP contribution in [0.15, 0.2) is 60.0 Å². The zero-order chi connectivity index (χ0) is 26.0. The van der Waals surface area contributed by atoms with Crippen LogP contribution in [0.25, 0.3) is 11.3 Å². The van der Waals surface area contributed by atoms with Gasteiger partial charge in [-0.2, -0.15) is 8.42 Å². The highest BCUT2D eigenvalue weighted by molar-refractivity contribution is 7.87. The van der Waals surface area contributed by atoms with Crippen LogP contribution in [-0.2, 0) is 21.5 Å². The number of rotatable bonds is 12. The first kappa shape index (κ1) is 27.2. The monoisotopic (exact) mass is 534 g/mol. The quantitative estimate of drug-likeness (QED) is 0.226. The van der Waals surface area contributed by atoms with Crippen molar-refractivity contribution in [2.45, 2.75) is 31.8 Å². The number of unbranched alkanes of at least 4 members (excludes halogenated alkanes) is 1. The number of carbonyl (C=O) groups is 2. The van der Waals surface area contributed by atoms with E-state index in [1.807, 2.05) is 35.7 Å². The number of amides is 3. The van der Waals surface area contributed by atoms with Crippen LogP contribution in [0.4, 0.5) is 14.3 Å². The molecule has 0 saturated heterocycles. The van der Waals surface area contributed by atoms with Gasteiger partial charge in [0.1, 0.15) is 11.9 Å². The van der Waals surface area contributed by atoms with E-state index in [0.717, 1.165) is 5.56 Å². The number of nitrogens with zero attached hydrogens (tertiary/aromatic N) is 1. The van der Waals surface area contributed by atoms with E-state index in [2.05, 4.69) is 25.7 Å². The van der Waals surface area contributed by atoms with Crippen molar-refractivity contribution in [1.29, 1.82) is 0 Å². The molecule has 3 aromatic rings. The maximum absolute atomic E-state index is 13.1. The summed E-state index contributed by atoms with van der Waals surface area (Å²) in [4.78, 5) is 29.9. The first-order chi connectivity index (χ1) is 17.2. The molecule has 0 saturated carbocycles. The lowest BCUT2D eigenvalue weighted by Crippen LogP contribution is -2.47. The number of hydrogen-bond donors (Lipinski definition) is 5. The number of nitrogens with two attached hydrogens (primary N) is 1. The van der Waals surface area contributed by atoms with Crippen molar-refractivity contribution in [3.05, 3.63) is 71.4 Å². The van der Waals surface area contributed by atoms with Gasteiger partial charge in [0.25, 0.3) is 10.2 Å². The van der Waals surface area contributed by atoms with Crippen LogP contribution in [0, 0.1) is 5.82 Å². The molecule has 0 fully saturated rings. The van der Waals surface area contributed by atoms with Crippen LogP contribution in [-0.4, -0.2) is 37.9 Å². The summed E-state index contributed by atoms with van der Waals surface area (Å²) in [5.41, 5.74) is 2.32. The van der Waals surface area contributed by atoms with Gasteiger partial charge < -0.3 is 16.0 Å². The lowest BCUT2D eigenvalue weighted by atomic mass is 10.1. The Bertz CT molecular complexity index is 1250. The molecule has 0 unspecified atom stereocenters. The molecular formula is C23H27FN6O4S2. The summed E-state index contributed by atoms with van der Waals surface area (Å²) in [6, 6.07) is 13.7. The molecule has 2 aromatic carbocycles. The van der Waals surface area contributed by atoms with Gasteiger partial charge in [0, 0.05) is 24.0 Å². The van der Waals surface area contributed by atoms with Gasteiger partial charge in [0.2, 0.25) is 5.91 Å². The number of aromatic nitrogens is 1. The summed E-state index contributed by atoms with van der Waals surface area (Å²) in [5.74, 6) is -0.838. The number of benzene rings is 2. The van der Waals surface area contributed by atoms with Gasteiger partial charge in [0.05, 0.1) is 5.69 Å². The predicted octanol–water partition coefficient (Wildman–Crippen LogP) is 2.72. The Morgan fingerprint density at radius 2 is 1.78 bits per heavy atom. The van der Waals surface area contributed by atoms with E-state index in [4.69, 9.17) is 5.14 Å². The molecule has 10 nitrogen and oxygen atoms in total. The molecule has 1 aromatic heterocycles. The van der Waals surface area contributed by atoms with Gasteiger partial charge in [-0.3, -0.25) is 4.79 Å². The Labute approximate surface area is 212 Å². The van der Waals surface area contributed by atoms with E-state index in [0.29, 0.717) is 29.2 Å². The SMILES string of the molecule is NS(=O)(=O)NCCCC[C@H](NC(=O)NCc1ccc(F)cc1)C(=O)Nc1nc(-c2ccccc2)cs1. The van der Waals surface area contributed by atoms with Gasteiger partial charge in [-0.25, -0.2) is 24.0 Å². The standard InChI is InChI=1S/C23H27FN6O4S2/c24-18-11-9-16(10-12-18)14-26-22(32)28-19(8-4-5-13-27-36(25,33)34)21(31)30-23-29-20(15-35-23)17-6-2-1-3-7-17/h1-3,6-7,9-12,15,19,27H,4-5,8,13-14H2,(H2,25,33,34)(H2,26,28,32)(H,29,30,31)/t19-/m0/s1. The summed E-state index contributed by atoms with van der Waals surface area (Å²) < 4.78 is 37.3. The van der Waals surface area contributed by atoms with E-state index in [1.54, 1.807) is 12.1 Å². The molecular weight excluding hydrogens is 507 g/mol. The van der Waals surface area contributed by atoms with Gasteiger partial charge in [-0.05, 0) is 37.0 Å². The first-order valence-corrected chi connectivity index (χ1v) is 13.5. The topological polar surface area (TPSA) is 155 Å². The Hall–Kier alpha value is -3.39. The van der Waals surface area contributed by atoms with Crippen molar-refractivity contribution in [3.63, 3.8) is 0 Å². The highest BCUT2D eigenvalue weighted by Crippen LogP contribution is 2.24. The number of halogens is 1. The minimum atomic E-state index is -3.80. The van der Waals surface area contributed by atoms with Gasteiger partial charge >= 0.3 is 6.03 Å². The zero-order valence-corrected chi connectivity index (χ0v) is 20.9. The van der Waals surface area contributed by atoms with E-state index in [-0.39, 0.29) is 25.3 Å². The first-order valence-electron chi connectivity index (χ1n) is 11.1. The van der Waals surface area contributed by atoms with Crippen LogP contribution in [0.1, 0.15) is 24.8 Å². The normalized spacial score (nSPS) is 12.1. The number of thiazole rings is 1. The smallest absolute Gasteiger partial charge is 0.315 e. The molecule has 0 radical (unpaired) electrons. The van der Waals surface area contributed by atoms with E-state index < -0.39 is 28.2 Å². The molecule has 0 bridgehead atoms. The average Bonchev–Trinajstić information content (AvgIpc) is 3.31. The van der Waals surface area contributed by atoms with Gasteiger partial charge in [-0.1, -0.05) is 42.5 Å². The van der Waals surface area contributed by atoms with Crippen molar-refractivity contribution in [3.8, 4) is 11.3 Å². The molecule has 0 aliphatic heterocycles. The molecule has 1 atom stereocenters. The second-order valence-corrected chi connectivity index (χ2v) is 10.1. The molecule has 192 valence electrons. The van der Waals surface area contributed by atoms with Crippen molar-refractivity contribution in [2.24, 2.45) is 5.14 Å². The fourth-order valence-electron chi connectivity index (χ4n) is 3.22. The zero-order valence-electron chi connectivity index (χ0n) is 19.2. The van der Waals surface area contributed by atoms with Crippen LogP contribution in [0.2, 0.25) is 0 Å². The van der Waals surface area contributed by atoms with Crippen LogP contribution in [0.3, 0.4) is 0 Å². The Balaban J connectivity index is 1.59. The maximum atomic E-state index is 13.1. The minimum Gasteiger partial charge on any atom is -0.334 e. The summed E-state index contributed by atoms with van der Waals surface area (Å²) >= 11 is 1.26. The maximum Gasteiger partial charge on any atom is 0.315 e. The summed E-state index contributed by atoms with van der Waals surface area (Å²) in [6.45, 7) is 0.252. The largest absolute Gasteiger partial charge is 0.334 e. The highest BCUT2D eigenvalue weighted by atomic mass is 32.2. The molecule has 6 N–H and O–H groups in total. The lowest BCUT2D eigenvalue weighted by molar-refractivity contribution is -0.118. The van der Waals surface area contributed by atoms with E-state index >= 15 is 0 Å². The highest BCUT2D eigenvalue weighted by Gasteiger charge is 2.22.